The number of aliphatic carboxylic acids is 1. The van der Waals surface area contributed by atoms with Crippen LogP contribution in [0.25, 0.3) is 0 Å². The smallest absolute Gasteiger partial charge is 0.326 e. The molecule has 9 amide bonds. The lowest BCUT2D eigenvalue weighted by Crippen LogP contribution is -2.59. The molecule has 0 aromatic carbocycles. The molecule has 0 aromatic rings. The molecule has 0 aromatic heterocycles. The van der Waals surface area contributed by atoms with Gasteiger partial charge in [0.05, 0.1) is 6.04 Å². The molecule has 462 valence electrons. The van der Waals surface area contributed by atoms with Gasteiger partial charge in [0.2, 0.25) is 53.2 Å². The molecular weight excluding hydrogens is 1080 g/mol. The average molecular weight is 1170 g/mol. The van der Waals surface area contributed by atoms with Crippen LogP contribution in [0.4, 0.5) is 0 Å². The number of amides is 9. The maximum absolute atomic E-state index is 14.7. The quantitative estimate of drug-likeness (QED) is 0.0221. The Labute approximate surface area is 483 Å². The zero-order valence-electron chi connectivity index (χ0n) is 48.0. The van der Waals surface area contributed by atoms with Crippen molar-refractivity contribution in [1.29, 1.82) is 0 Å². The molecule has 0 radical (unpaired) electrons. The van der Waals surface area contributed by atoms with Gasteiger partial charge in [0.1, 0.15) is 54.4 Å². The van der Waals surface area contributed by atoms with E-state index in [0.717, 1.165) is 0 Å². The normalized spacial score (nSPS) is 23.8. The molecule has 6 heterocycles. The standard InChI is InChI=1S/C53H89N19O11/c1-30(2)40(54)49(81)72-29-11-20-39(72)48(80)71-28-10-19-38(71)47(79)70-27-9-18-37(70)46(78)69-26-8-17-36(69)45(77)68-25-7-16-35(68)44(76)67-24-6-15-34(67)43(75)65-32(13-4-22-62-52(57)58)41(73)64-31(12-3-21-61-51(55)56)42(74)66-33(50(82)83)14-5-23-63-53(59)60/h30-40H,3-29,54H2,1-2H3,(H,64,73)(H,65,75)(H,66,74)(H,82,83)(H4,55,56,61)(H4,57,58,62)(H4,59,60,63)/t31-,32-,33-,34-,35-,36-,37-,38-,39-,40-/m0/s1. The molecule has 6 aliphatic rings. The molecule has 0 aliphatic carbocycles. The third-order valence-corrected chi connectivity index (χ3v) is 16.7. The van der Waals surface area contributed by atoms with Crippen LogP contribution in [0.2, 0.25) is 0 Å². The van der Waals surface area contributed by atoms with Gasteiger partial charge in [-0.3, -0.25) is 58.1 Å². The Hall–Kier alpha value is -7.53. The van der Waals surface area contributed by atoms with Crippen molar-refractivity contribution in [3.8, 4) is 0 Å². The summed E-state index contributed by atoms with van der Waals surface area (Å²) in [6, 6.07) is -10.0. The summed E-state index contributed by atoms with van der Waals surface area (Å²) in [5.74, 6) is -6.48. The van der Waals surface area contributed by atoms with E-state index < -0.39 is 95.9 Å². The molecule has 6 aliphatic heterocycles. The summed E-state index contributed by atoms with van der Waals surface area (Å²) in [5, 5.41) is 17.8. The fourth-order valence-corrected chi connectivity index (χ4v) is 12.3. The predicted octanol–water partition coefficient (Wildman–Crippen LogP) is -4.38. The zero-order valence-corrected chi connectivity index (χ0v) is 48.0. The van der Waals surface area contributed by atoms with E-state index in [9.17, 15) is 53.1 Å². The first kappa shape index (κ1) is 64.6. The summed E-state index contributed by atoms with van der Waals surface area (Å²) in [6.45, 7) is 5.67. The molecule has 0 unspecified atom stereocenters. The Bertz CT molecular complexity index is 2470. The fourth-order valence-electron chi connectivity index (χ4n) is 12.3. The summed E-state index contributed by atoms with van der Waals surface area (Å²) >= 11 is 0. The lowest BCUT2D eigenvalue weighted by atomic mass is 10.0. The number of likely N-dealkylation sites (tertiary alicyclic amines) is 6. The highest BCUT2D eigenvalue weighted by atomic mass is 16.4. The number of guanidine groups is 3. The van der Waals surface area contributed by atoms with Crippen molar-refractivity contribution in [1.82, 2.24) is 45.3 Å². The fraction of sp³-hybridized carbons (Fsp3) is 0.755. The van der Waals surface area contributed by atoms with Crippen LogP contribution in [-0.4, -0.2) is 231 Å². The van der Waals surface area contributed by atoms with Crippen LogP contribution in [0.3, 0.4) is 0 Å². The summed E-state index contributed by atoms with van der Waals surface area (Å²) in [6.07, 6.45) is 5.77. The van der Waals surface area contributed by atoms with Gasteiger partial charge in [0, 0.05) is 58.9 Å². The van der Waals surface area contributed by atoms with Crippen molar-refractivity contribution in [2.45, 2.75) is 190 Å². The summed E-state index contributed by atoms with van der Waals surface area (Å²) < 4.78 is 0. The van der Waals surface area contributed by atoms with Crippen molar-refractivity contribution >= 4 is 77.0 Å². The number of nitrogens with zero attached hydrogens (tertiary/aromatic N) is 9. The first-order valence-electron chi connectivity index (χ1n) is 29.4. The summed E-state index contributed by atoms with van der Waals surface area (Å²) in [4.78, 5) is 162. The third kappa shape index (κ3) is 16.6. The second kappa shape index (κ2) is 30.1. The molecule has 10 atom stereocenters. The van der Waals surface area contributed by atoms with Crippen LogP contribution in [-0.2, 0) is 47.9 Å². The van der Waals surface area contributed by atoms with E-state index in [1.165, 1.54) is 14.7 Å². The van der Waals surface area contributed by atoms with Gasteiger partial charge in [-0.05, 0) is 121 Å². The van der Waals surface area contributed by atoms with E-state index in [1.54, 1.807) is 14.7 Å². The van der Waals surface area contributed by atoms with Crippen molar-refractivity contribution in [2.24, 2.45) is 61.0 Å². The third-order valence-electron chi connectivity index (χ3n) is 16.7. The van der Waals surface area contributed by atoms with Gasteiger partial charge >= 0.3 is 5.97 Å². The number of carboxylic acid groups (broad SMARTS) is 1. The van der Waals surface area contributed by atoms with Crippen LogP contribution >= 0.6 is 0 Å². The molecule has 30 nitrogen and oxygen atoms in total. The molecule has 83 heavy (non-hydrogen) atoms. The minimum absolute atomic E-state index is 0.0238. The van der Waals surface area contributed by atoms with Crippen LogP contribution < -0.4 is 56.1 Å². The number of carbonyl (C=O) groups excluding carboxylic acids is 9. The van der Waals surface area contributed by atoms with Crippen molar-refractivity contribution in [2.75, 3.05) is 58.9 Å². The number of aliphatic imine (C=N–C) groups is 3. The van der Waals surface area contributed by atoms with E-state index in [1.807, 2.05) is 13.8 Å². The highest BCUT2D eigenvalue weighted by Gasteiger charge is 2.50. The molecule has 0 spiro atoms. The summed E-state index contributed by atoms with van der Waals surface area (Å²) in [5.41, 5.74) is 39.1. The minimum Gasteiger partial charge on any atom is -0.480 e. The Morgan fingerprint density at radius 3 is 1.04 bits per heavy atom. The van der Waals surface area contributed by atoms with E-state index in [2.05, 4.69) is 30.9 Å². The monoisotopic (exact) mass is 1170 g/mol. The first-order chi connectivity index (χ1) is 39.5. The lowest BCUT2D eigenvalue weighted by Gasteiger charge is -2.37. The highest BCUT2D eigenvalue weighted by molar-refractivity contribution is 5.99. The number of nitrogens with one attached hydrogen (secondary N) is 3. The largest absolute Gasteiger partial charge is 0.480 e. The molecule has 6 rings (SSSR count). The lowest BCUT2D eigenvalue weighted by molar-refractivity contribution is -0.154. The highest BCUT2D eigenvalue weighted by Crippen LogP contribution is 2.33. The van der Waals surface area contributed by atoms with Gasteiger partial charge in [0.15, 0.2) is 17.9 Å². The maximum Gasteiger partial charge on any atom is 0.326 e. The van der Waals surface area contributed by atoms with Gasteiger partial charge in [-0.1, -0.05) is 13.8 Å². The SMILES string of the molecule is CC(C)[C@H](N)C(=O)N1CCC[C@H]1C(=O)N1CCC[C@H]1C(=O)N1CCC[C@H]1C(=O)N1CCC[C@H]1C(=O)N1CCC[C@H]1C(=O)N1CCC[C@H]1C(=O)N[C@@H](CCCN=C(N)N)C(=O)N[C@@H](CCCN=C(N)N)C(=O)N[C@@H](CCCN=C(N)N)C(=O)O. The number of carbonyl (C=O) groups is 10. The Morgan fingerprint density at radius 1 is 0.434 bits per heavy atom. The molecule has 30 heteroatoms. The molecule has 6 saturated heterocycles. The minimum atomic E-state index is -1.38. The second-order valence-electron chi connectivity index (χ2n) is 22.8. The molecule has 18 N–H and O–H groups in total. The van der Waals surface area contributed by atoms with Gasteiger partial charge in [-0.15, -0.1) is 0 Å². The molecule has 0 bridgehead atoms. The Morgan fingerprint density at radius 2 is 0.711 bits per heavy atom. The number of nitrogens with two attached hydrogens (primary N) is 7. The van der Waals surface area contributed by atoms with Crippen molar-refractivity contribution in [3.05, 3.63) is 0 Å². The molecular formula is C53H89N19O11. The first-order valence-corrected chi connectivity index (χ1v) is 29.4. The number of carboxylic acids is 1. The average Bonchev–Trinajstić information content (AvgIpc) is 4.52. The Balaban J connectivity index is 1.11. The van der Waals surface area contributed by atoms with E-state index in [-0.39, 0.29) is 132 Å². The molecule has 6 fully saturated rings. The maximum atomic E-state index is 14.7. The topological polar surface area (TPSA) is 466 Å². The predicted molar refractivity (Wildman–Crippen MR) is 304 cm³/mol. The van der Waals surface area contributed by atoms with Crippen molar-refractivity contribution in [3.63, 3.8) is 0 Å². The van der Waals surface area contributed by atoms with Gasteiger partial charge in [-0.2, -0.15) is 0 Å². The van der Waals surface area contributed by atoms with E-state index >= 15 is 0 Å². The van der Waals surface area contributed by atoms with Gasteiger partial charge in [-0.25, -0.2) is 4.79 Å². The van der Waals surface area contributed by atoms with Crippen LogP contribution in [0.5, 0.6) is 0 Å². The Kier molecular flexibility index (Phi) is 23.5. The summed E-state index contributed by atoms with van der Waals surface area (Å²) in [7, 11) is 0. The van der Waals surface area contributed by atoms with Crippen LogP contribution in [0, 0.1) is 5.92 Å². The number of hydrogen-bond acceptors (Lipinski definition) is 14. The van der Waals surface area contributed by atoms with Gasteiger partial charge in [0.25, 0.3) is 0 Å². The van der Waals surface area contributed by atoms with Crippen molar-refractivity contribution < 1.29 is 53.1 Å². The van der Waals surface area contributed by atoms with Crippen LogP contribution in [0.15, 0.2) is 15.0 Å². The van der Waals surface area contributed by atoms with Gasteiger partial charge < -0.3 is 90.6 Å². The number of rotatable bonds is 26. The van der Waals surface area contributed by atoms with E-state index in [4.69, 9.17) is 40.1 Å². The molecule has 0 saturated carbocycles. The number of hydrogen-bond donors (Lipinski definition) is 11. The van der Waals surface area contributed by atoms with E-state index in [0.29, 0.717) is 90.3 Å². The second-order valence-corrected chi connectivity index (χ2v) is 22.8. The van der Waals surface area contributed by atoms with Crippen LogP contribution in [0.1, 0.15) is 129 Å². The zero-order chi connectivity index (χ0) is 60.7.